The van der Waals surface area contributed by atoms with Gasteiger partial charge in [-0.3, -0.25) is 4.79 Å². The third-order valence-electron chi connectivity index (χ3n) is 2.07. The number of hydrogen-bond acceptors (Lipinski definition) is 3. The largest absolute Gasteiger partial charge is 0.519 e. The van der Waals surface area contributed by atoms with Crippen LogP contribution in [0.1, 0.15) is 26.7 Å². The van der Waals surface area contributed by atoms with E-state index in [1.807, 2.05) is 33.5 Å². The molecule has 0 heterocycles. The van der Waals surface area contributed by atoms with Gasteiger partial charge in [0.25, 0.3) is 0 Å². The van der Waals surface area contributed by atoms with Crippen molar-refractivity contribution in [3.8, 4) is 0 Å². The minimum atomic E-state index is -1.79. The second kappa shape index (κ2) is 4.24. The molecule has 0 aliphatic rings. The van der Waals surface area contributed by atoms with Crippen LogP contribution in [0.4, 0.5) is 0 Å². The molecule has 0 spiro atoms. The monoisotopic (exact) mass is 203 g/mol. The smallest absolute Gasteiger partial charge is 0.312 e. The Hall–Kier alpha value is -0.353. The highest BCUT2D eigenvalue weighted by Gasteiger charge is 2.34. The zero-order valence-corrected chi connectivity index (χ0v) is 10.3. The van der Waals surface area contributed by atoms with E-state index in [0.29, 0.717) is 12.8 Å². The van der Waals surface area contributed by atoms with Crippen LogP contribution in [0.3, 0.4) is 0 Å². The van der Waals surface area contributed by atoms with Crippen molar-refractivity contribution in [1.29, 1.82) is 0 Å². The molecule has 3 nitrogen and oxygen atoms in total. The maximum atomic E-state index is 11.6. The zero-order valence-electron chi connectivity index (χ0n) is 9.31. The fourth-order valence-electron chi connectivity index (χ4n) is 0.918. The van der Waals surface area contributed by atoms with Crippen LogP contribution < -0.4 is 5.73 Å². The van der Waals surface area contributed by atoms with E-state index in [-0.39, 0.29) is 5.97 Å². The minimum absolute atomic E-state index is 0.239. The summed E-state index contributed by atoms with van der Waals surface area (Å²) in [6.07, 6.45) is 1.26. The molecule has 0 saturated carbocycles. The maximum Gasteiger partial charge on any atom is 0.312 e. The minimum Gasteiger partial charge on any atom is -0.519 e. The van der Waals surface area contributed by atoms with Gasteiger partial charge in [0, 0.05) is 0 Å². The van der Waals surface area contributed by atoms with Gasteiger partial charge in [0.05, 0.1) is 0 Å². The van der Waals surface area contributed by atoms with Crippen molar-refractivity contribution in [1.82, 2.24) is 0 Å². The summed E-state index contributed by atoms with van der Waals surface area (Å²) < 4.78 is 5.36. The van der Waals surface area contributed by atoms with Crippen molar-refractivity contribution >= 4 is 14.3 Å². The topological polar surface area (TPSA) is 52.3 Å². The summed E-state index contributed by atoms with van der Waals surface area (Å²) in [6, 6.07) is 0. The van der Waals surface area contributed by atoms with Gasteiger partial charge in [0.15, 0.2) is 0 Å². The Morgan fingerprint density at radius 3 is 1.92 bits per heavy atom. The molecule has 0 radical (unpaired) electrons. The Morgan fingerprint density at radius 2 is 1.69 bits per heavy atom. The molecule has 0 aliphatic heterocycles. The summed E-state index contributed by atoms with van der Waals surface area (Å²) in [5.41, 5.74) is 5.12. The molecule has 0 rings (SSSR count). The summed E-state index contributed by atoms with van der Waals surface area (Å²) in [4.78, 5) is 11.6. The Kier molecular flexibility index (Phi) is 4.12. The average molecular weight is 203 g/mol. The molecule has 0 fully saturated rings. The second-order valence-electron chi connectivity index (χ2n) is 4.37. The SMILES string of the molecule is CCC(N)(CC)C(=O)O[Si](C)(C)C. The number of nitrogens with two attached hydrogens (primary N) is 1. The fourth-order valence-corrected chi connectivity index (χ4v) is 1.68. The molecule has 0 aliphatic carbocycles. The molecule has 0 aromatic rings. The van der Waals surface area contributed by atoms with E-state index in [0.717, 1.165) is 0 Å². The van der Waals surface area contributed by atoms with Crippen LogP contribution in [0.25, 0.3) is 0 Å². The first kappa shape index (κ1) is 12.6. The van der Waals surface area contributed by atoms with Crippen molar-refractivity contribution in [2.75, 3.05) is 0 Å². The zero-order chi connectivity index (χ0) is 10.7. The predicted octanol–water partition coefficient (Wildman–Crippen LogP) is 1.88. The van der Waals surface area contributed by atoms with Gasteiger partial charge in [-0.1, -0.05) is 13.8 Å². The van der Waals surface area contributed by atoms with Crippen LogP contribution >= 0.6 is 0 Å². The van der Waals surface area contributed by atoms with E-state index in [9.17, 15) is 4.79 Å². The lowest BCUT2D eigenvalue weighted by Crippen LogP contribution is -2.51. The van der Waals surface area contributed by atoms with E-state index in [2.05, 4.69) is 0 Å². The van der Waals surface area contributed by atoms with E-state index >= 15 is 0 Å². The maximum absolute atomic E-state index is 11.6. The molecule has 4 heteroatoms. The van der Waals surface area contributed by atoms with Crippen molar-refractivity contribution in [3.63, 3.8) is 0 Å². The van der Waals surface area contributed by atoms with Crippen LogP contribution in [-0.4, -0.2) is 19.8 Å². The van der Waals surface area contributed by atoms with E-state index in [4.69, 9.17) is 10.2 Å². The van der Waals surface area contributed by atoms with Crippen molar-refractivity contribution in [3.05, 3.63) is 0 Å². The third-order valence-corrected chi connectivity index (χ3v) is 2.86. The predicted molar refractivity (Wildman–Crippen MR) is 56.9 cm³/mol. The molecule has 78 valence electrons. The van der Waals surface area contributed by atoms with Gasteiger partial charge < -0.3 is 10.2 Å². The van der Waals surface area contributed by atoms with Gasteiger partial charge >= 0.3 is 5.97 Å². The second-order valence-corrected chi connectivity index (χ2v) is 8.79. The first-order valence-corrected chi connectivity index (χ1v) is 8.18. The Balaban J connectivity index is 4.41. The molecule has 0 unspecified atom stereocenters. The first-order valence-electron chi connectivity index (χ1n) is 4.77. The summed E-state index contributed by atoms with van der Waals surface area (Å²) in [5, 5.41) is 0. The Bertz CT molecular complexity index is 183. The van der Waals surface area contributed by atoms with E-state index < -0.39 is 13.9 Å². The molecule has 0 aromatic carbocycles. The number of carbonyl (C=O) groups excluding carboxylic acids is 1. The quantitative estimate of drug-likeness (QED) is 0.710. The van der Waals surface area contributed by atoms with Gasteiger partial charge in [0.2, 0.25) is 8.32 Å². The molecule has 2 N–H and O–H groups in total. The van der Waals surface area contributed by atoms with Crippen LogP contribution in [0.15, 0.2) is 0 Å². The summed E-state index contributed by atoms with van der Waals surface area (Å²) in [7, 11) is -1.79. The Labute approximate surface area is 81.8 Å². The van der Waals surface area contributed by atoms with E-state index in [1.54, 1.807) is 0 Å². The van der Waals surface area contributed by atoms with Crippen LogP contribution in [-0.2, 0) is 9.22 Å². The first-order chi connectivity index (χ1) is 5.75. The fraction of sp³-hybridized carbons (Fsp3) is 0.889. The number of hydrogen-bond donors (Lipinski definition) is 1. The molecule has 0 saturated heterocycles. The highest BCUT2D eigenvalue weighted by molar-refractivity contribution is 6.71. The molecule has 0 bridgehead atoms. The molecule has 0 aromatic heterocycles. The third kappa shape index (κ3) is 3.91. The highest BCUT2D eigenvalue weighted by atomic mass is 28.4. The normalized spacial score (nSPS) is 12.8. The van der Waals surface area contributed by atoms with Gasteiger partial charge in [-0.05, 0) is 32.5 Å². The van der Waals surface area contributed by atoms with Gasteiger partial charge in [-0.15, -0.1) is 0 Å². The molecule has 0 amide bonds. The highest BCUT2D eigenvalue weighted by Crippen LogP contribution is 2.16. The molecule has 13 heavy (non-hydrogen) atoms. The van der Waals surface area contributed by atoms with Crippen molar-refractivity contribution in [2.45, 2.75) is 51.9 Å². The van der Waals surface area contributed by atoms with Gasteiger partial charge in [-0.2, -0.15) is 0 Å². The lowest BCUT2D eigenvalue weighted by atomic mass is 9.95. The molecular weight excluding hydrogens is 182 g/mol. The lowest BCUT2D eigenvalue weighted by Gasteiger charge is -2.28. The van der Waals surface area contributed by atoms with Crippen molar-refractivity contribution in [2.24, 2.45) is 5.73 Å². The molecular formula is C9H21NO2Si. The van der Waals surface area contributed by atoms with Crippen LogP contribution in [0, 0.1) is 0 Å². The van der Waals surface area contributed by atoms with Gasteiger partial charge in [0.1, 0.15) is 5.54 Å². The lowest BCUT2D eigenvalue weighted by molar-refractivity contribution is -0.141. The molecule has 0 atom stereocenters. The van der Waals surface area contributed by atoms with Gasteiger partial charge in [-0.25, -0.2) is 0 Å². The summed E-state index contributed by atoms with van der Waals surface area (Å²) in [5.74, 6) is -0.239. The van der Waals surface area contributed by atoms with Crippen LogP contribution in [0.5, 0.6) is 0 Å². The Morgan fingerprint density at radius 1 is 1.31 bits per heavy atom. The standard InChI is InChI=1S/C9H21NO2Si/c1-6-9(10,7-2)8(11)12-13(3,4)5/h6-7,10H2,1-5H3. The summed E-state index contributed by atoms with van der Waals surface area (Å²) in [6.45, 7) is 9.77. The number of carbonyl (C=O) groups is 1. The van der Waals surface area contributed by atoms with E-state index in [1.165, 1.54) is 0 Å². The number of rotatable bonds is 4. The van der Waals surface area contributed by atoms with Crippen molar-refractivity contribution < 1.29 is 9.22 Å². The summed E-state index contributed by atoms with van der Waals surface area (Å²) >= 11 is 0. The average Bonchev–Trinajstić information content (AvgIpc) is 2.00. The van der Waals surface area contributed by atoms with Crippen LogP contribution in [0.2, 0.25) is 19.6 Å².